The van der Waals surface area contributed by atoms with E-state index in [1.807, 2.05) is 0 Å². The minimum Gasteiger partial charge on any atom is -0.394 e. The number of carbonyl (C=O) groups is 2. The monoisotopic (exact) mass is 738 g/mol. The second-order valence-corrected chi connectivity index (χ2v) is 15.7. The number of ether oxygens (including phenoxy) is 1. The summed E-state index contributed by atoms with van der Waals surface area (Å²) in [4.78, 5) is 20.2. The van der Waals surface area contributed by atoms with Gasteiger partial charge in [-0.3, -0.25) is 0 Å². The molecule has 0 unspecified atom stereocenters. The van der Waals surface area contributed by atoms with E-state index in [0.717, 1.165) is 25.7 Å². The summed E-state index contributed by atoms with van der Waals surface area (Å²) in [5, 5.41) is 36.4. The van der Waals surface area contributed by atoms with E-state index in [9.17, 15) is 19.8 Å². The van der Waals surface area contributed by atoms with Crippen LogP contribution in [0, 0.1) is 0 Å². The molecule has 2 N–H and O–H groups in total. The predicted octanol–water partition coefficient (Wildman–Crippen LogP) is 7.43. The Hall–Kier alpha value is -0.381. The van der Waals surface area contributed by atoms with Crippen LogP contribution in [0.5, 0.6) is 0 Å². The Morgan fingerprint density at radius 1 is 0.477 bits per heavy atom. The number of carboxylic acids is 2. The fraction of sp³-hybridized carbons (Fsp3) is 0.944. The molecule has 264 valence electrons. The average Bonchev–Trinajstić information content (AvgIpc) is 3.00. The SMILES string of the molecule is CCCCCCCCCCCC(=O)[O-].CCCCCCCCCCCC(=O)[O-].CCC[CH2][Sn+2][CH2]CCC.OCCOCCO. The van der Waals surface area contributed by atoms with E-state index in [1.54, 1.807) is 8.87 Å². The minimum atomic E-state index is -0.909. The number of aliphatic hydroxyl groups is 2. The summed E-state index contributed by atoms with van der Waals surface area (Å²) in [5.41, 5.74) is 0. The molecule has 0 bridgehead atoms. The van der Waals surface area contributed by atoms with Gasteiger partial charge in [0.05, 0.1) is 26.4 Å². The smallest absolute Gasteiger partial charge is 0.0698 e. The molecular weight excluding hydrogens is 663 g/mol. The molecule has 7 nitrogen and oxygen atoms in total. The van der Waals surface area contributed by atoms with Gasteiger partial charge in [-0.25, -0.2) is 0 Å². The van der Waals surface area contributed by atoms with Crippen LogP contribution >= 0.6 is 0 Å². The quantitative estimate of drug-likeness (QED) is 0.0580. The van der Waals surface area contributed by atoms with E-state index in [0.29, 0.717) is 13.2 Å². The third-order valence-corrected chi connectivity index (χ3v) is 10.9. The predicted molar refractivity (Wildman–Crippen MR) is 184 cm³/mol. The molecule has 0 heterocycles. The van der Waals surface area contributed by atoms with Crippen LogP contribution in [-0.4, -0.2) is 69.7 Å². The van der Waals surface area contributed by atoms with Crippen LogP contribution in [0.15, 0.2) is 0 Å². The average molecular weight is 738 g/mol. The number of carbonyl (C=O) groups excluding carboxylic acids is 2. The van der Waals surface area contributed by atoms with Gasteiger partial charge in [0.15, 0.2) is 0 Å². The van der Waals surface area contributed by atoms with Crippen molar-refractivity contribution in [3.05, 3.63) is 0 Å². The second kappa shape index (κ2) is 52.2. The topological polar surface area (TPSA) is 130 Å². The van der Waals surface area contributed by atoms with Gasteiger partial charge in [0.2, 0.25) is 0 Å². The Balaban J connectivity index is -0.000000251. The maximum absolute atomic E-state index is 10.1. The van der Waals surface area contributed by atoms with Gasteiger partial charge >= 0.3 is 69.5 Å². The van der Waals surface area contributed by atoms with Crippen molar-refractivity contribution in [1.82, 2.24) is 0 Å². The standard InChI is InChI=1S/2C12H24O2.C4H10O3.2C4H9.Sn/c2*1-2-3-4-5-6-7-8-9-10-11-12(13)14;5-1-3-7-4-2-6;2*1-3-4-2;/h2*2-11H2,1H3,(H,13,14);5-6H,1-4H2;2*1,3-4H2,2H3;/q;;;;;+2/p-2. The van der Waals surface area contributed by atoms with Gasteiger partial charge in [-0.15, -0.1) is 0 Å². The van der Waals surface area contributed by atoms with Crippen molar-refractivity contribution in [2.45, 2.75) is 191 Å². The summed E-state index contributed by atoms with van der Waals surface area (Å²) >= 11 is 0.149. The van der Waals surface area contributed by atoms with Gasteiger partial charge in [-0.2, -0.15) is 0 Å². The zero-order valence-electron chi connectivity index (χ0n) is 29.6. The first-order valence-corrected chi connectivity index (χ1v) is 22.3. The van der Waals surface area contributed by atoms with Crippen molar-refractivity contribution in [1.29, 1.82) is 0 Å². The fourth-order valence-corrected chi connectivity index (χ4v) is 8.28. The van der Waals surface area contributed by atoms with Gasteiger partial charge in [-0.1, -0.05) is 117 Å². The van der Waals surface area contributed by atoms with Gasteiger partial charge in [0.1, 0.15) is 0 Å². The molecule has 44 heavy (non-hydrogen) atoms. The van der Waals surface area contributed by atoms with E-state index in [1.165, 1.54) is 116 Å². The van der Waals surface area contributed by atoms with Gasteiger partial charge < -0.3 is 34.8 Å². The van der Waals surface area contributed by atoms with Crippen LogP contribution < -0.4 is 10.2 Å². The maximum Gasteiger partial charge on any atom is 0.0698 e. The first-order chi connectivity index (χ1) is 21.4. The third-order valence-electron chi connectivity index (χ3n) is 6.85. The molecule has 0 rings (SSSR count). The molecule has 8 heteroatoms. The van der Waals surface area contributed by atoms with Gasteiger partial charge in [0, 0.05) is 11.9 Å². The summed E-state index contributed by atoms with van der Waals surface area (Å²) in [6.45, 7) is 9.72. The van der Waals surface area contributed by atoms with Crippen molar-refractivity contribution in [2.24, 2.45) is 0 Å². The normalized spacial score (nSPS) is 9.95. The Morgan fingerprint density at radius 3 is 1.00 bits per heavy atom. The number of aliphatic carboxylic acids is 2. The van der Waals surface area contributed by atoms with Crippen molar-refractivity contribution in [3.63, 3.8) is 0 Å². The zero-order valence-corrected chi connectivity index (χ0v) is 32.5. The molecule has 0 saturated heterocycles. The van der Waals surface area contributed by atoms with Crippen LogP contribution in [0.4, 0.5) is 0 Å². The second-order valence-electron chi connectivity index (χ2n) is 11.4. The largest absolute Gasteiger partial charge is 0.394 e. The molecule has 0 radical (unpaired) electrons. The molecule has 0 amide bonds. The first-order valence-electron chi connectivity index (χ1n) is 18.3. The van der Waals surface area contributed by atoms with Crippen molar-refractivity contribution >= 4 is 33.1 Å². The van der Waals surface area contributed by atoms with Gasteiger partial charge in [-0.05, 0) is 25.7 Å². The first kappa shape index (κ1) is 50.5. The molecule has 0 aliphatic carbocycles. The van der Waals surface area contributed by atoms with Crippen LogP contribution in [0.25, 0.3) is 0 Å². The van der Waals surface area contributed by atoms with E-state index >= 15 is 0 Å². The molecule has 0 atom stereocenters. The van der Waals surface area contributed by atoms with Gasteiger partial charge in [0.25, 0.3) is 0 Å². The Morgan fingerprint density at radius 2 is 0.750 bits per heavy atom. The molecule has 0 aliphatic heterocycles. The molecule has 0 aromatic carbocycles. The summed E-state index contributed by atoms with van der Waals surface area (Å²) < 4.78 is 7.88. The molecule has 0 spiro atoms. The summed E-state index contributed by atoms with van der Waals surface area (Å²) in [6, 6.07) is 0. The molecule has 0 fully saturated rings. The third kappa shape index (κ3) is 68.7. The maximum atomic E-state index is 10.1. The number of unbranched alkanes of at least 4 members (excludes halogenated alkanes) is 18. The summed E-state index contributed by atoms with van der Waals surface area (Å²) in [7, 11) is 0. The van der Waals surface area contributed by atoms with E-state index in [-0.39, 0.29) is 47.2 Å². The van der Waals surface area contributed by atoms with Crippen molar-refractivity contribution < 1.29 is 34.8 Å². The van der Waals surface area contributed by atoms with Crippen LogP contribution in [-0.2, 0) is 14.3 Å². The molecular formula is C36H74O7Sn. The van der Waals surface area contributed by atoms with Crippen LogP contribution in [0.2, 0.25) is 8.87 Å². The van der Waals surface area contributed by atoms with E-state index in [4.69, 9.17) is 10.2 Å². The van der Waals surface area contributed by atoms with E-state index < -0.39 is 11.9 Å². The molecule has 0 aliphatic rings. The molecule has 0 aromatic heterocycles. The zero-order chi connectivity index (χ0) is 33.8. The number of carboxylic acid groups (broad SMARTS) is 2. The van der Waals surface area contributed by atoms with E-state index in [2.05, 4.69) is 32.4 Å². The molecule has 0 aromatic rings. The molecule has 0 saturated carbocycles. The van der Waals surface area contributed by atoms with Crippen LogP contribution in [0.1, 0.15) is 182 Å². The minimum absolute atomic E-state index is 0.0278. The Bertz CT molecular complexity index is 465. The van der Waals surface area contributed by atoms with Crippen molar-refractivity contribution in [2.75, 3.05) is 26.4 Å². The Labute approximate surface area is 283 Å². The fourth-order valence-electron chi connectivity index (χ4n) is 4.12. The number of rotatable bonds is 30. The number of hydrogen-bond donors (Lipinski definition) is 2. The number of hydrogen-bond acceptors (Lipinski definition) is 7. The summed E-state index contributed by atoms with van der Waals surface area (Å²) in [6.07, 6.45) is 28.2. The number of aliphatic hydroxyl groups excluding tert-OH is 2. The van der Waals surface area contributed by atoms with Crippen LogP contribution in [0.3, 0.4) is 0 Å². The summed E-state index contributed by atoms with van der Waals surface area (Å²) in [5.74, 6) is -1.82. The Kier molecular flexibility index (Phi) is 59.8. The van der Waals surface area contributed by atoms with Crippen molar-refractivity contribution in [3.8, 4) is 0 Å².